The molecule has 0 radical (unpaired) electrons. The van der Waals surface area contributed by atoms with E-state index in [4.69, 9.17) is 9.47 Å². The molecule has 0 unspecified atom stereocenters. The summed E-state index contributed by atoms with van der Waals surface area (Å²) in [5.41, 5.74) is 3.30. The molecule has 9 heteroatoms. The van der Waals surface area contributed by atoms with Crippen LogP contribution in [0.2, 0.25) is 0 Å². The maximum absolute atomic E-state index is 13.0. The minimum atomic E-state index is 0.0583. The molecule has 1 saturated heterocycles. The molecule has 0 bridgehead atoms. The van der Waals surface area contributed by atoms with Crippen LogP contribution in [0.1, 0.15) is 24.1 Å². The SMILES string of the molecule is C=CCN1CC(=O)N(CCN2CCC(NCc3cc4c(cn3)OCCO4)CC2)c2cc(C#N)ccc21. The number of nitrogens with one attached hydrogen (secondary N) is 1. The van der Waals surface area contributed by atoms with Crippen LogP contribution in [0.3, 0.4) is 0 Å². The van der Waals surface area contributed by atoms with Crippen molar-refractivity contribution in [2.45, 2.75) is 25.4 Å². The van der Waals surface area contributed by atoms with Gasteiger partial charge in [-0.15, -0.1) is 6.58 Å². The van der Waals surface area contributed by atoms with Gasteiger partial charge in [0.05, 0.1) is 41.4 Å². The second-order valence-corrected chi connectivity index (χ2v) is 9.35. The van der Waals surface area contributed by atoms with Gasteiger partial charge in [-0.2, -0.15) is 5.26 Å². The Hall–Kier alpha value is -3.61. The Balaban J connectivity index is 1.13. The highest BCUT2D eigenvalue weighted by Crippen LogP contribution is 2.34. The lowest BCUT2D eigenvalue weighted by Crippen LogP contribution is -2.50. The van der Waals surface area contributed by atoms with Crippen molar-refractivity contribution >= 4 is 17.3 Å². The van der Waals surface area contributed by atoms with Gasteiger partial charge in [-0.05, 0) is 44.1 Å². The third kappa shape index (κ3) is 5.30. The summed E-state index contributed by atoms with van der Waals surface area (Å²) in [6.07, 6.45) is 5.62. The number of aromatic nitrogens is 1. The number of carbonyl (C=O) groups is 1. The van der Waals surface area contributed by atoms with Crippen molar-refractivity contribution in [2.75, 3.05) is 62.3 Å². The molecule has 3 aliphatic rings. The Morgan fingerprint density at radius 3 is 2.72 bits per heavy atom. The molecular weight excluding hydrogens is 456 g/mol. The number of rotatable bonds is 8. The summed E-state index contributed by atoms with van der Waals surface area (Å²) in [4.78, 5) is 23.7. The lowest BCUT2D eigenvalue weighted by atomic mass is 10.0. The zero-order chi connectivity index (χ0) is 24.9. The molecule has 188 valence electrons. The number of hydrogen-bond acceptors (Lipinski definition) is 8. The number of ether oxygens (including phenoxy) is 2. The highest BCUT2D eigenvalue weighted by Gasteiger charge is 2.30. The van der Waals surface area contributed by atoms with Crippen molar-refractivity contribution in [3.05, 3.63) is 54.4 Å². The van der Waals surface area contributed by atoms with Crippen LogP contribution in [0.4, 0.5) is 11.4 Å². The van der Waals surface area contributed by atoms with E-state index < -0.39 is 0 Å². The first-order valence-electron chi connectivity index (χ1n) is 12.5. The summed E-state index contributed by atoms with van der Waals surface area (Å²) >= 11 is 0. The molecule has 0 atom stereocenters. The van der Waals surface area contributed by atoms with Crippen molar-refractivity contribution < 1.29 is 14.3 Å². The number of fused-ring (bicyclic) bond motifs is 2. The smallest absolute Gasteiger partial charge is 0.246 e. The fourth-order valence-electron chi connectivity index (χ4n) is 5.05. The fourth-order valence-corrected chi connectivity index (χ4v) is 5.05. The second kappa shape index (κ2) is 11.0. The average molecular weight is 489 g/mol. The number of hydrogen-bond donors (Lipinski definition) is 1. The van der Waals surface area contributed by atoms with E-state index in [1.807, 2.05) is 28.0 Å². The number of piperidine rings is 1. The number of likely N-dealkylation sites (tertiary alicyclic amines) is 1. The maximum atomic E-state index is 13.0. The number of anilines is 2. The van der Waals surface area contributed by atoms with E-state index in [0.717, 1.165) is 55.3 Å². The molecule has 2 aromatic rings. The molecule has 1 N–H and O–H groups in total. The maximum Gasteiger partial charge on any atom is 0.246 e. The molecule has 3 aliphatic heterocycles. The Morgan fingerprint density at radius 1 is 1.14 bits per heavy atom. The number of pyridine rings is 1. The van der Waals surface area contributed by atoms with Gasteiger partial charge < -0.3 is 29.5 Å². The highest BCUT2D eigenvalue weighted by molar-refractivity contribution is 6.03. The molecule has 1 fully saturated rings. The van der Waals surface area contributed by atoms with Gasteiger partial charge in [0.25, 0.3) is 0 Å². The molecule has 1 aromatic carbocycles. The van der Waals surface area contributed by atoms with E-state index in [9.17, 15) is 10.1 Å². The molecule has 1 aromatic heterocycles. The van der Waals surface area contributed by atoms with Crippen LogP contribution >= 0.6 is 0 Å². The Bertz CT molecular complexity index is 1150. The summed E-state index contributed by atoms with van der Waals surface area (Å²) in [5.74, 6) is 1.54. The van der Waals surface area contributed by atoms with Crippen LogP contribution in [0, 0.1) is 11.3 Å². The number of nitrogens with zero attached hydrogens (tertiary/aromatic N) is 5. The van der Waals surface area contributed by atoms with Gasteiger partial charge in [0, 0.05) is 38.3 Å². The minimum absolute atomic E-state index is 0.0583. The van der Waals surface area contributed by atoms with Crippen LogP contribution in [-0.2, 0) is 11.3 Å². The topological polar surface area (TPSA) is 94.0 Å². The fraction of sp³-hybridized carbons (Fsp3) is 0.444. The van der Waals surface area contributed by atoms with Gasteiger partial charge in [0.1, 0.15) is 13.2 Å². The predicted molar refractivity (Wildman–Crippen MR) is 137 cm³/mol. The first-order valence-corrected chi connectivity index (χ1v) is 12.5. The van der Waals surface area contributed by atoms with Crippen molar-refractivity contribution in [3.63, 3.8) is 0 Å². The predicted octanol–water partition coefficient (Wildman–Crippen LogP) is 2.32. The first kappa shape index (κ1) is 24.1. The van der Waals surface area contributed by atoms with Gasteiger partial charge >= 0.3 is 0 Å². The van der Waals surface area contributed by atoms with E-state index in [1.54, 1.807) is 18.3 Å². The Labute approximate surface area is 211 Å². The Morgan fingerprint density at radius 2 is 1.94 bits per heavy atom. The van der Waals surface area contributed by atoms with Crippen molar-refractivity contribution in [3.8, 4) is 17.6 Å². The van der Waals surface area contributed by atoms with E-state index >= 15 is 0 Å². The standard InChI is InChI=1S/C27H32N6O3/c1-2-7-32-19-27(34)33(24-14-20(16-28)3-4-23(24)32)11-10-31-8-5-21(6-9-31)29-17-22-15-25-26(18-30-22)36-13-12-35-25/h2-4,14-15,18,21,29H,1,5-13,17,19H2. The molecule has 4 heterocycles. The molecule has 1 amide bonds. The monoisotopic (exact) mass is 488 g/mol. The number of amides is 1. The largest absolute Gasteiger partial charge is 0.486 e. The molecule has 9 nitrogen and oxygen atoms in total. The van der Waals surface area contributed by atoms with E-state index in [2.05, 4.69) is 27.8 Å². The molecule has 5 rings (SSSR count). The zero-order valence-corrected chi connectivity index (χ0v) is 20.5. The second-order valence-electron chi connectivity index (χ2n) is 9.35. The molecule has 0 spiro atoms. The number of nitriles is 1. The highest BCUT2D eigenvalue weighted by atomic mass is 16.6. The van der Waals surface area contributed by atoms with Gasteiger partial charge in [-0.1, -0.05) is 6.08 Å². The van der Waals surface area contributed by atoms with E-state index in [-0.39, 0.29) is 5.91 Å². The Kier molecular flexibility index (Phi) is 7.35. The van der Waals surface area contributed by atoms with Crippen LogP contribution in [0.15, 0.2) is 43.1 Å². The van der Waals surface area contributed by atoms with E-state index in [1.165, 1.54) is 0 Å². The zero-order valence-electron chi connectivity index (χ0n) is 20.5. The average Bonchev–Trinajstić information content (AvgIpc) is 2.92. The van der Waals surface area contributed by atoms with Gasteiger partial charge in [0.2, 0.25) is 5.91 Å². The molecule has 36 heavy (non-hydrogen) atoms. The third-order valence-electron chi connectivity index (χ3n) is 7.00. The van der Waals surface area contributed by atoms with Crippen molar-refractivity contribution in [1.82, 2.24) is 15.2 Å². The van der Waals surface area contributed by atoms with Gasteiger partial charge in [-0.25, -0.2) is 0 Å². The van der Waals surface area contributed by atoms with Crippen molar-refractivity contribution in [1.29, 1.82) is 5.26 Å². The molecule has 0 saturated carbocycles. The van der Waals surface area contributed by atoms with Crippen molar-refractivity contribution in [2.24, 2.45) is 0 Å². The molecule has 0 aliphatic carbocycles. The number of benzene rings is 1. The van der Waals surface area contributed by atoms with Crippen LogP contribution in [-0.4, -0.2) is 74.3 Å². The normalized spacial score (nSPS) is 18.0. The lowest BCUT2D eigenvalue weighted by Gasteiger charge is -2.39. The first-order chi connectivity index (χ1) is 17.6. The minimum Gasteiger partial charge on any atom is -0.486 e. The summed E-state index contributed by atoms with van der Waals surface area (Å²) in [5, 5.41) is 13.0. The quantitative estimate of drug-likeness (QED) is 0.566. The van der Waals surface area contributed by atoms with Crippen LogP contribution in [0.5, 0.6) is 11.5 Å². The van der Waals surface area contributed by atoms with Crippen LogP contribution in [0.25, 0.3) is 0 Å². The van der Waals surface area contributed by atoms with Crippen LogP contribution < -0.4 is 24.6 Å². The third-order valence-corrected chi connectivity index (χ3v) is 7.00. The lowest BCUT2D eigenvalue weighted by molar-refractivity contribution is -0.117. The van der Waals surface area contributed by atoms with E-state index in [0.29, 0.717) is 56.7 Å². The van der Waals surface area contributed by atoms with Gasteiger partial charge in [-0.3, -0.25) is 9.78 Å². The summed E-state index contributed by atoms with van der Waals surface area (Å²) in [7, 11) is 0. The summed E-state index contributed by atoms with van der Waals surface area (Å²) < 4.78 is 11.2. The van der Waals surface area contributed by atoms with Gasteiger partial charge in [0.15, 0.2) is 11.5 Å². The number of carbonyl (C=O) groups excluding carboxylic acids is 1. The molecular formula is C27H32N6O3. The summed E-state index contributed by atoms with van der Waals surface area (Å²) in [6.45, 7) is 9.94. The summed E-state index contributed by atoms with van der Waals surface area (Å²) in [6, 6.07) is 10.1.